The number of hydrogen-bond donors (Lipinski definition) is 5. The lowest BCUT2D eigenvalue weighted by Gasteiger charge is -2.00. The predicted octanol–water partition coefficient (Wildman–Crippen LogP) is 8.85. The number of thioether (sulfide) groups is 1. The summed E-state index contributed by atoms with van der Waals surface area (Å²) in [6, 6.07) is 57.4. The van der Waals surface area contributed by atoms with Gasteiger partial charge in [-0.1, -0.05) is 5.04 Å². The number of pyridine rings is 14. The number of carbonyl (C=O) groups excluding carboxylic acids is 1. The van der Waals surface area contributed by atoms with Crippen LogP contribution < -0.4 is 60.5 Å². The van der Waals surface area contributed by atoms with Crippen LogP contribution in [0.1, 0.15) is 76.4 Å². The monoisotopic (exact) mass is 1890 g/mol. The summed E-state index contributed by atoms with van der Waals surface area (Å²) in [5, 5.41) is 80.5. The van der Waals surface area contributed by atoms with Gasteiger partial charge in [-0.3, -0.25) is 29.7 Å². The second-order valence-electron chi connectivity index (χ2n) is 29.3. The third-order valence-corrected chi connectivity index (χ3v) is 19.2. The summed E-state index contributed by atoms with van der Waals surface area (Å²) in [7, 11) is 23.0. The lowest BCUT2D eigenvalue weighted by Crippen LogP contribution is -2.27. The predicted molar refractivity (Wildman–Crippen MR) is 508 cm³/mol. The quantitative estimate of drug-likeness (QED) is 0.00580. The third-order valence-electron chi connectivity index (χ3n) is 17.6. The lowest BCUT2D eigenvalue weighted by atomic mass is 10.1. The highest BCUT2D eigenvalue weighted by atomic mass is 32.2. The van der Waals surface area contributed by atoms with E-state index in [-0.39, 0.29) is 11.7 Å². The average molecular weight is 1890 g/mol. The number of aromatic carboxylic acids is 1. The topological polar surface area (TPSA) is 409 Å². The molecule has 0 bridgehead atoms. The van der Waals surface area contributed by atoms with E-state index in [9.17, 15) is 29.3 Å². The Morgan fingerprint density at radius 1 is 0.474 bits per heavy atom. The Morgan fingerprint density at radius 2 is 0.912 bits per heavy atom. The highest BCUT2D eigenvalue weighted by Gasteiger charge is 2.09. The number of rotatable bonds is 19. The van der Waals surface area contributed by atoms with E-state index < -0.39 is 22.8 Å². The summed E-state index contributed by atoms with van der Waals surface area (Å²) < 4.78 is 27.0. The molecular formula is C102H115N21O12S2+12. The molecule has 0 aliphatic heterocycles. The second kappa shape index (κ2) is 67.1. The van der Waals surface area contributed by atoms with Gasteiger partial charge in [-0.25, -0.2) is 74.5 Å². The average Bonchev–Trinajstić information content (AvgIpc) is 0.862. The van der Waals surface area contributed by atoms with Gasteiger partial charge in [0.2, 0.25) is 12.1 Å². The van der Waals surface area contributed by atoms with Crippen molar-refractivity contribution < 1.29 is 109 Å². The van der Waals surface area contributed by atoms with Gasteiger partial charge >= 0.3 is 17.9 Å². The molecule has 137 heavy (non-hydrogen) atoms. The minimum Gasteiger partial charge on any atom is -0.481 e. The molecule has 700 valence electrons. The third kappa shape index (κ3) is 54.3. The highest BCUT2D eigenvalue weighted by Crippen LogP contribution is 2.17. The van der Waals surface area contributed by atoms with Crippen LogP contribution >= 0.6 is 23.8 Å². The van der Waals surface area contributed by atoms with Crippen LogP contribution in [0.2, 0.25) is 0 Å². The minimum atomic E-state index is -0.928. The van der Waals surface area contributed by atoms with E-state index in [1.54, 1.807) is 113 Å². The number of aromatic nitrogens is 14. The molecule has 0 saturated heterocycles. The van der Waals surface area contributed by atoms with Crippen molar-refractivity contribution in [2.24, 2.45) is 90.3 Å². The number of aryl methyl sites for hydroxylation is 16. The Bertz CT molecular complexity index is 6210. The van der Waals surface area contributed by atoms with Gasteiger partial charge in [-0.05, 0) is 108 Å². The SMILES string of the molecule is C[n+]1ccc(-c2ccncc2)cc1.C[n+]1ccc(/C=C/C(=O)O)cc1.C[n+]1ccc(C#N)c(C#N)c1.C[n+]1ccc(C(=O)O)cc1.C[n+]1ccc(C(N)=O)cc1.C[n+]1ccc(CCSOOO)cc1.C[n+]1ccc(CCc2ccncc2)cc1.C[n+]1ccc(SCC(=O)O)cc1.C[n+]1cccc(/C=C/[N+](=O)[O-])c1.C[n+]1cccc(CC#N)c1.Cc1cc(C#N)c[n+](C)c1.[C-]#[N+]c1cc[n+](C)cc1. The van der Waals surface area contributed by atoms with Crippen LogP contribution in [0.3, 0.4) is 0 Å². The van der Waals surface area contributed by atoms with Gasteiger partial charge in [-0.2, -0.15) is 21.0 Å². The maximum Gasteiger partial charge on any atom is 0.336 e. The van der Waals surface area contributed by atoms with Crippen LogP contribution in [0, 0.1) is 68.9 Å². The van der Waals surface area contributed by atoms with E-state index in [0.717, 1.165) is 76.5 Å². The molecule has 0 atom stereocenters. The first-order chi connectivity index (χ1) is 65.6. The molecule has 0 fully saturated rings. The first kappa shape index (κ1) is 114. The van der Waals surface area contributed by atoms with Crippen molar-refractivity contribution in [1.82, 2.24) is 9.97 Å². The van der Waals surface area contributed by atoms with Gasteiger partial charge in [0.25, 0.3) is 0 Å². The second-order valence-corrected chi connectivity index (χ2v) is 31.1. The van der Waals surface area contributed by atoms with Crippen molar-refractivity contribution >= 4 is 65.5 Å². The summed E-state index contributed by atoms with van der Waals surface area (Å²) in [5.41, 5.74) is 18.4. The number of nitrogens with two attached hydrogens (primary N) is 1. The molecule has 14 aromatic rings. The number of carbonyl (C=O) groups is 4. The Kier molecular flexibility index (Phi) is 55.9. The van der Waals surface area contributed by atoms with Gasteiger partial charge in [0, 0.05) is 192 Å². The number of aliphatic carboxylic acids is 2. The maximum absolute atomic E-state index is 10.5. The van der Waals surface area contributed by atoms with Crippen LogP contribution in [0.25, 0.3) is 28.1 Å². The number of primary amides is 1. The zero-order valence-corrected chi connectivity index (χ0v) is 80.3. The molecule has 0 unspecified atom stereocenters. The lowest BCUT2D eigenvalue weighted by molar-refractivity contribution is -0.672. The molecule has 0 aliphatic carbocycles. The normalized spacial score (nSPS) is 9.58. The Hall–Kier alpha value is -17.1. The molecule has 0 radical (unpaired) electrons. The first-order valence-corrected chi connectivity index (χ1v) is 43.4. The van der Waals surface area contributed by atoms with Gasteiger partial charge < -0.3 is 21.1 Å². The summed E-state index contributed by atoms with van der Waals surface area (Å²) in [6.45, 7) is 8.60. The fourth-order valence-electron chi connectivity index (χ4n) is 10.5. The molecular weight excluding hydrogens is 1780 g/mol. The van der Waals surface area contributed by atoms with E-state index in [2.05, 4.69) is 89.7 Å². The Balaban J connectivity index is 0.000000386. The largest absolute Gasteiger partial charge is 0.481 e. The van der Waals surface area contributed by atoms with E-state index in [0.29, 0.717) is 39.9 Å². The van der Waals surface area contributed by atoms with Crippen LogP contribution in [0.15, 0.2) is 348 Å². The molecule has 33 nitrogen and oxygen atoms in total. The van der Waals surface area contributed by atoms with Crippen LogP contribution in [0.5, 0.6) is 0 Å². The number of amides is 1. The molecule has 0 spiro atoms. The highest BCUT2D eigenvalue weighted by molar-refractivity contribution is 8.00. The van der Waals surface area contributed by atoms with E-state index >= 15 is 0 Å². The smallest absolute Gasteiger partial charge is 0.336 e. The van der Waals surface area contributed by atoms with Gasteiger partial charge in [0.15, 0.2) is 154 Å². The van der Waals surface area contributed by atoms with Crippen molar-refractivity contribution in [2.45, 2.75) is 37.5 Å². The fourth-order valence-corrected chi connectivity index (χ4v) is 11.6. The summed E-state index contributed by atoms with van der Waals surface area (Å²) in [5.74, 6) is -2.13. The Morgan fingerprint density at radius 3 is 1.36 bits per heavy atom. The number of nitriles is 4. The van der Waals surface area contributed by atoms with Crippen LogP contribution in [-0.2, 0) is 129 Å². The van der Waals surface area contributed by atoms with Crippen molar-refractivity contribution in [2.75, 3.05) is 11.5 Å². The molecule has 14 rings (SSSR count). The van der Waals surface area contributed by atoms with Crippen molar-refractivity contribution in [1.29, 1.82) is 21.0 Å². The summed E-state index contributed by atoms with van der Waals surface area (Å²) in [4.78, 5) is 62.9. The Labute approximate surface area is 807 Å². The molecule has 6 N–H and O–H groups in total. The summed E-state index contributed by atoms with van der Waals surface area (Å²) >= 11 is 2.40. The van der Waals surface area contributed by atoms with E-state index in [4.69, 9.17) is 53.9 Å². The zero-order chi connectivity index (χ0) is 101. The zero-order valence-electron chi connectivity index (χ0n) is 78.6. The van der Waals surface area contributed by atoms with Gasteiger partial charge in [-0.15, -0.1) is 16.1 Å². The molecule has 14 heterocycles. The van der Waals surface area contributed by atoms with E-state index in [1.807, 2.05) is 329 Å². The van der Waals surface area contributed by atoms with Crippen molar-refractivity contribution in [3.63, 3.8) is 0 Å². The molecule has 0 aromatic carbocycles. The molecule has 14 aromatic heterocycles. The first-order valence-electron chi connectivity index (χ1n) is 41.5. The van der Waals surface area contributed by atoms with E-state index in [1.165, 1.54) is 45.7 Å². The molecule has 35 heteroatoms. The van der Waals surface area contributed by atoms with Crippen molar-refractivity contribution in [3.8, 4) is 35.4 Å². The van der Waals surface area contributed by atoms with Crippen molar-refractivity contribution in [3.05, 3.63) is 432 Å². The molecule has 1 amide bonds. The fraction of sp³-hybridized carbons (Fsp3) is 0.186. The van der Waals surface area contributed by atoms with Gasteiger partial charge in [0.1, 0.15) is 114 Å². The number of hydrogen-bond acceptors (Lipinski definition) is 17. The van der Waals surface area contributed by atoms with Crippen LogP contribution in [0.4, 0.5) is 5.69 Å². The number of nitro groups is 1. The van der Waals surface area contributed by atoms with Crippen LogP contribution in [-0.4, -0.2) is 70.8 Å². The standard InChI is InChI=1S/C13H15N2.C11H11N2.C9H9NO2.C8H6N3.C8H9N2O2.2C8H9N2.C8H11NO3S.C8H9NO2S.C7H8N2O.C7H7N2.C7H7NO2/c1-15-10-6-13(7-11-15)3-2-12-4-8-14-9-5-12;1-13-8-4-11(5-9-13)10-2-6-12-7-3-10;1-10-6-4-8(5-7-10)2-3-9(11)12;1-11-3-2-7(4-9)8(5-10)6-11;1-9-5-2-3-8(7-9)4-6-10(11)12;1-7-3-8(4-9)6-10(2)5-7;1-10-6-2-3-8(7-10)4-5-9;1-9-5-2-8(3-6-9)4-7-13-12-11-10;1-9-4-2-7(3-5-9)12-6-8(10)11;1-9-4-2-6(3-5-9)7(8)10;1-8-7-3-5-9(2)6-4-7;1-8-4-2-6(3-5-8)7(9)10/h4-11H,2-3H2,1H3;2-9H,1H3;2-7H,1H3;2-3,6H,1H3;2-7H,1H3;3,5-6H,1-2H3;2-3,6-7H,4H2,1H3;2-3,5-6H,4,7H2,1H3;2-5H,6H2,1H3;2-5H,1H3,(H-,8,10);3-6H,2H3;2-5H,1H3/q2*+1;;4*+1;;;;+1;/p+5/b;;3-2+;;6-4+;;;;;;;. The minimum absolute atomic E-state index is 0.119. The number of carboxylic acids is 3. The maximum atomic E-state index is 10.5. The molecule has 0 saturated carbocycles. The van der Waals surface area contributed by atoms with Gasteiger partial charge in [0.05, 0.1) is 46.4 Å². The molecule has 0 aliphatic rings. The number of carboxylic acid groups (broad SMARTS) is 3. The summed E-state index contributed by atoms with van der Waals surface area (Å²) in [6.07, 6.45) is 61.0. The number of nitrogens with zero attached hydrogens (tertiary/aromatic N) is 20.